The van der Waals surface area contributed by atoms with Gasteiger partial charge in [-0.05, 0) is 0 Å². The molecule has 1 aromatic rings. The van der Waals surface area contributed by atoms with Crippen LogP contribution in [0.2, 0.25) is 0 Å². The van der Waals surface area contributed by atoms with Gasteiger partial charge >= 0.3 is 0 Å². The van der Waals surface area contributed by atoms with Crippen LogP contribution in [-0.4, -0.2) is 0 Å². The first-order chi connectivity index (χ1) is 3.72. The number of hydrogen-bond acceptors (Lipinski definition) is 0. The van der Waals surface area contributed by atoms with E-state index in [-0.39, 0.29) is 21.1 Å². The third-order valence-electron chi connectivity index (χ3n) is 1.77. The fourth-order valence-corrected chi connectivity index (χ4v) is 0.811. The maximum atomic E-state index is 2.16. The van der Waals surface area contributed by atoms with Crippen LogP contribution >= 0.6 is 0 Å². The second-order valence-corrected chi connectivity index (χ2v) is 2.32. The molecule has 0 N–H and O–H groups in total. The molecule has 0 saturated carbocycles. The molecule has 0 aliphatic carbocycles. The molecule has 0 fully saturated rings. The van der Waals surface area contributed by atoms with Crippen molar-refractivity contribution in [2.45, 2.75) is 20.8 Å². The Balaban J connectivity index is 0.000000640. The van der Waals surface area contributed by atoms with E-state index in [9.17, 15) is 0 Å². The van der Waals surface area contributed by atoms with Crippen LogP contribution in [0, 0.1) is 20.8 Å². The molecular weight excluding hydrogens is 291 g/mol. The summed E-state index contributed by atoms with van der Waals surface area (Å²) in [6.07, 6.45) is 0. The molecule has 0 radical (unpaired) electrons. The third-order valence-corrected chi connectivity index (χ3v) is 1.77. The first kappa shape index (κ1) is 9.04. The van der Waals surface area contributed by atoms with Gasteiger partial charge in [0.2, 0.25) is 0 Å². The van der Waals surface area contributed by atoms with Crippen LogP contribution < -0.4 is 0 Å². The van der Waals surface area contributed by atoms with E-state index in [0.29, 0.717) is 0 Å². The quantitative estimate of drug-likeness (QED) is 0.645. The second-order valence-electron chi connectivity index (χ2n) is 2.32. The van der Waals surface area contributed by atoms with Gasteiger partial charge in [-0.25, -0.2) is 6.07 Å². The van der Waals surface area contributed by atoms with E-state index in [4.69, 9.17) is 0 Å². The molecule has 0 unspecified atom stereocenters. The topological polar surface area (TPSA) is 0 Å². The number of hydrogen-bond donors (Lipinski definition) is 0. The van der Waals surface area contributed by atoms with Crippen molar-refractivity contribution in [2.75, 3.05) is 0 Å². The Labute approximate surface area is 70.9 Å². The van der Waals surface area contributed by atoms with Crippen molar-refractivity contribution >= 4 is 0 Å². The molecule has 1 rings (SSSR count). The zero-order valence-electron chi connectivity index (χ0n) is 5.97. The molecule has 1 aromatic carbocycles. The summed E-state index contributed by atoms with van der Waals surface area (Å²) in [4.78, 5) is 0. The normalized spacial score (nSPS) is 8.78. The van der Waals surface area contributed by atoms with Gasteiger partial charge in [-0.2, -0.15) is 22.8 Å². The van der Waals surface area contributed by atoms with E-state index in [1.807, 2.05) is 0 Å². The first-order valence-electron chi connectivity index (χ1n) is 2.91. The number of rotatable bonds is 0. The zero-order valence-corrected chi connectivity index (χ0v) is 8.24. The minimum atomic E-state index is 0. The van der Waals surface area contributed by atoms with Gasteiger partial charge in [-0.15, -0.1) is 0 Å². The largest absolute Gasteiger partial charge is 0.210 e. The molecular formula is C8H11Pt-. The van der Waals surface area contributed by atoms with Gasteiger partial charge in [0, 0.05) is 21.1 Å². The summed E-state index contributed by atoms with van der Waals surface area (Å²) in [5.41, 5.74) is 4.25. The Hall–Kier alpha value is 0.0383. The van der Waals surface area contributed by atoms with Gasteiger partial charge in [0.15, 0.2) is 0 Å². The van der Waals surface area contributed by atoms with Gasteiger partial charge in [0.25, 0.3) is 0 Å². The molecule has 0 saturated heterocycles. The maximum absolute atomic E-state index is 2.16. The summed E-state index contributed by atoms with van der Waals surface area (Å²) < 4.78 is 0. The summed E-state index contributed by atoms with van der Waals surface area (Å²) in [5.74, 6) is 0. The van der Waals surface area contributed by atoms with Crippen molar-refractivity contribution < 1.29 is 21.1 Å². The standard InChI is InChI=1S/C8H11.Pt/c1-6-4-5-7(2)8(6)3;/h4-5H,1-3H3;/q-1;. The van der Waals surface area contributed by atoms with Crippen molar-refractivity contribution in [1.82, 2.24) is 0 Å². The molecule has 0 heterocycles. The van der Waals surface area contributed by atoms with Crippen molar-refractivity contribution in [3.05, 3.63) is 28.8 Å². The Morgan fingerprint density at radius 1 is 1.33 bits per heavy atom. The molecule has 0 bridgehead atoms. The van der Waals surface area contributed by atoms with Crippen molar-refractivity contribution in [2.24, 2.45) is 0 Å². The van der Waals surface area contributed by atoms with Crippen molar-refractivity contribution in [3.63, 3.8) is 0 Å². The SMILES string of the molecule is Cc1cc[c-](C)c1C.[Pt]. The van der Waals surface area contributed by atoms with Crippen LogP contribution in [0.1, 0.15) is 16.7 Å². The third kappa shape index (κ3) is 1.72. The molecule has 54 valence electrons. The summed E-state index contributed by atoms with van der Waals surface area (Å²) in [5, 5.41) is 0. The second kappa shape index (κ2) is 3.27. The van der Waals surface area contributed by atoms with Gasteiger partial charge in [0.1, 0.15) is 0 Å². The van der Waals surface area contributed by atoms with E-state index in [1.54, 1.807) is 0 Å². The zero-order chi connectivity index (χ0) is 6.15. The maximum Gasteiger partial charge on any atom is 0 e. The smallest absolute Gasteiger partial charge is 0 e. The molecule has 0 spiro atoms. The van der Waals surface area contributed by atoms with E-state index in [0.717, 1.165) is 0 Å². The molecule has 9 heavy (non-hydrogen) atoms. The van der Waals surface area contributed by atoms with E-state index in [2.05, 4.69) is 32.9 Å². The van der Waals surface area contributed by atoms with Gasteiger partial charge in [-0.1, -0.05) is 20.8 Å². The minimum Gasteiger partial charge on any atom is -0.210 e. The predicted molar refractivity (Wildman–Crippen MR) is 36.2 cm³/mol. The average Bonchev–Trinajstić information content (AvgIpc) is 1.98. The Kier molecular flexibility index (Phi) is 3.28. The summed E-state index contributed by atoms with van der Waals surface area (Å²) >= 11 is 0. The minimum absolute atomic E-state index is 0. The van der Waals surface area contributed by atoms with Crippen LogP contribution in [-0.2, 0) is 21.1 Å². The molecule has 0 aliphatic rings. The fourth-order valence-electron chi connectivity index (χ4n) is 0.811. The monoisotopic (exact) mass is 302 g/mol. The van der Waals surface area contributed by atoms with Crippen LogP contribution in [0.4, 0.5) is 0 Å². The van der Waals surface area contributed by atoms with Crippen LogP contribution in [0.25, 0.3) is 0 Å². The van der Waals surface area contributed by atoms with Crippen molar-refractivity contribution in [3.8, 4) is 0 Å². The van der Waals surface area contributed by atoms with E-state index < -0.39 is 0 Å². The molecule has 0 nitrogen and oxygen atoms in total. The molecule has 0 atom stereocenters. The van der Waals surface area contributed by atoms with Crippen molar-refractivity contribution in [1.29, 1.82) is 0 Å². The average molecular weight is 302 g/mol. The summed E-state index contributed by atoms with van der Waals surface area (Å²) in [6.45, 7) is 6.44. The number of aryl methyl sites for hydroxylation is 2. The molecule has 0 aromatic heterocycles. The van der Waals surface area contributed by atoms with Crippen LogP contribution in [0.3, 0.4) is 0 Å². The fraction of sp³-hybridized carbons (Fsp3) is 0.375. The Bertz CT molecular complexity index is 167. The van der Waals surface area contributed by atoms with E-state index in [1.165, 1.54) is 16.7 Å². The molecule has 0 amide bonds. The molecule has 1 heteroatoms. The molecule has 0 aliphatic heterocycles. The first-order valence-corrected chi connectivity index (χ1v) is 2.91. The van der Waals surface area contributed by atoms with Gasteiger partial charge < -0.3 is 0 Å². The van der Waals surface area contributed by atoms with Gasteiger partial charge in [-0.3, -0.25) is 0 Å². The summed E-state index contributed by atoms with van der Waals surface area (Å²) in [6, 6.07) is 4.31. The Morgan fingerprint density at radius 2 is 1.89 bits per heavy atom. The Morgan fingerprint density at radius 3 is 2.00 bits per heavy atom. The van der Waals surface area contributed by atoms with Crippen LogP contribution in [0.15, 0.2) is 12.1 Å². The van der Waals surface area contributed by atoms with E-state index >= 15 is 0 Å². The predicted octanol–water partition coefficient (Wildman–Crippen LogP) is 2.33. The van der Waals surface area contributed by atoms with Gasteiger partial charge in [0.05, 0.1) is 0 Å². The summed E-state index contributed by atoms with van der Waals surface area (Å²) in [7, 11) is 0. The van der Waals surface area contributed by atoms with Crippen LogP contribution in [0.5, 0.6) is 0 Å².